The first kappa shape index (κ1) is 26.7. The van der Waals surface area contributed by atoms with Crippen molar-refractivity contribution in [3.63, 3.8) is 0 Å². The van der Waals surface area contributed by atoms with E-state index in [0.717, 1.165) is 18.4 Å². The Morgan fingerprint density at radius 1 is 0.852 bits per heavy atom. The van der Waals surface area contributed by atoms with Gasteiger partial charge in [0.05, 0.1) is 6.54 Å². The average Bonchev–Trinajstić information content (AvgIpc) is 2.63. The highest BCUT2D eigenvalue weighted by molar-refractivity contribution is 5.73. The van der Waals surface area contributed by atoms with Crippen LogP contribution < -0.4 is 22.9 Å². The molecule has 0 heterocycles. The van der Waals surface area contributed by atoms with Crippen LogP contribution in [0, 0.1) is 0 Å². The summed E-state index contributed by atoms with van der Waals surface area (Å²) in [6, 6.07) is 7.83. The second kappa shape index (κ2) is 16.9. The number of hydrogen-bond donors (Lipinski definition) is 7. The Morgan fingerprint density at radius 3 is 1.70 bits per heavy atom. The van der Waals surface area contributed by atoms with Crippen molar-refractivity contribution in [1.82, 2.24) is 0 Å². The molecule has 0 spiro atoms. The quantitative estimate of drug-likeness (QED) is 0.262. The van der Waals surface area contributed by atoms with Crippen molar-refractivity contribution in [3.05, 3.63) is 35.9 Å². The van der Waals surface area contributed by atoms with E-state index >= 15 is 0 Å². The van der Waals surface area contributed by atoms with Crippen molar-refractivity contribution in [2.45, 2.75) is 37.8 Å². The van der Waals surface area contributed by atoms with Crippen molar-refractivity contribution < 1.29 is 29.7 Å². The van der Waals surface area contributed by atoms with Crippen molar-refractivity contribution in [2.24, 2.45) is 22.9 Å². The van der Waals surface area contributed by atoms with E-state index in [2.05, 4.69) is 5.73 Å². The van der Waals surface area contributed by atoms with Gasteiger partial charge in [-0.2, -0.15) is 0 Å². The molecular formula is C17H30N4O6. The number of hydrogen-bond acceptors (Lipinski definition) is 7. The molecule has 0 aliphatic heterocycles. The summed E-state index contributed by atoms with van der Waals surface area (Å²) in [6.07, 6.45) is 2.55. The summed E-state index contributed by atoms with van der Waals surface area (Å²) in [5, 5.41) is 24.4. The Hall–Kier alpha value is -2.53. The highest BCUT2D eigenvalue weighted by Gasteiger charge is 2.11. The molecule has 1 rings (SSSR count). The summed E-state index contributed by atoms with van der Waals surface area (Å²) in [5.41, 5.74) is 21.3. The van der Waals surface area contributed by atoms with E-state index in [4.69, 9.17) is 32.5 Å². The molecule has 1 aromatic carbocycles. The predicted molar refractivity (Wildman–Crippen MR) is 101 cm³/mol. The van der Waals surface area contributed by atoms with Gasteiger partial charge in [-0.05, 0) is 31.4 Å². The minimum Gasteiger partial charge on any atom is -0.480 e. The number of carboxylic acid groups (broad SMARTS) is 3. The lowest BCUT2D eigenvalue weighted by atomic mass is 10.1. The van der Waals surface area contributed by atoms with Gasteiger partial charge in [0.1, 0.15) is 12.1 Å². The van der Waals surface area contributed by atoms with Crippen LogP contribution in [0.2, 0.25) is 0 Å². The topological polar surface area (TPSA) is 216 Å². The molecule has 0 saturated carbocycles. The van der Waals surface area contributed by atoms with Crippen LogP contribution in [0.15, 0.2) is 30.3 Å². The van der Waals surface area contributed by atoms with Gasteiger partial charge in [0.2, 0.25) is 0 Å². The largest absolute Gasteiger partial charge is 0.480 e. The predicted octanol–water partition coefficient (Wildman–Crippen LogP) is -0.802. The first-order valence-corrected chi connectivity index (χ1v) is 8.28. The average molecular weight is 386 g/mol. The molecular weight excluding hydrogens is 356 g/mol. The van der Waals surface area contributed by atoms with Gasteiger partial charge in [-0.1, -0.05) is 36.8 Å². The van der Waals surface area contributed by atoms with Gasteiger partial charge in [-0.3, -0.25) is 14.4 Å². The Kier molecular flexibility index (Phi) is 16.7. The second-order valence-electron chi connectivity index (χ2n) is 5.46. The smallest absolute Gasteiger partial charge is 0.320 e. The van der Waals surface area contributed by atoms with Gasteiger partial charge < -0.3 is 38.3 Å². The highest BCUT2D eigenvalue weighted by atomic mass is 16.4. The molecule has 0 amide bonds. The van der Waals surface area contributed by atoms with Crippen molar-refractivity contribution in [1.29, 1.82) is 0 Å². The van der Waals surface area contributed by atoms with E-state index in [1.807, 2.05) is 30.3 Å². The third-order valence-corrected chi connectivity index (χ3v) is 3.08. The Morgan fingerprint density at radius 2 is 1.33 bits per heavy atom. The maximum Gasteiger partial charge on any atom is 0.320 e. The van der Waals surface area contributed by atoms with Gasteiger partial charge >= 0.3 is 17.9 Å². The monoisotopic (exact) mass is 386 g/mol. The normalized spacial score (nSPS) is 11.7. The first-order valence-electron chi connectivity index (χ1n) is 8.28. The van der Waals surface area contributed by atoms with Crippen LogP contribution in [0.1, 0.15) is 24.8 Å². The number of unbranched alkanes of at least 4 members (excludes halogenated alkanes) is 1. The van der Waals surface area contributed by atoms with Crippen LogP contribution in [-0.4, -0.2) is 58.4 Å². The highest BCUT2D eigenvalue weighted by Crippen LogP contribution is 2.01. The number of nitrogens with two attached hydrogens (primary N) is 4. The van der Waals surface area contributed by atoms with Crippen LogP contribution in [0.25, 0.3) is 0 Å². The number of carbonyl (C=O) groups is 3. The summed E-state index contributed by atoms with van der Waals surface area (Å²) < 4.78 is 0. The molecule has 2 atom stereocenters. The van der Waals surface area contributed by atoms with E-state index in [9.17, 15) is 14.4 Å². The van der Waals surface area contributed by atoms with E-state index in [1.165, 1.54) is 0 Å². The molecule has 0 unspecified atom stereocenters. The second-order valence-corrected chi connectivity index (χ2v) is 5.46. The third kappa shape index (κ3) is 18.1. The van der Waals surface area contributed by atoms with Crippen LogP contribution in [0.3, 0.4) is 0 Å². The lowest BCUT2D eigenvalue weighted by Crippen LogP contribution is -2.32. The van der Waals surface area contributed by atoms with Crippen molar-refractivity contribution in [2.75, 3.05) is 13.1 Å². The fourth-order valence-electron chi connectivity index (χ4n) is 1.59. The molecule has 10 nitrogen and oxygen atoms in total. The SMILES string of the molecule is NCC(=O)O.NCCCC[C@H](N)C(=O)O.N[C@@H](Cc1ccccc1)C(=O)O. The molecule has 0 fully saturated rings. The molecule has 0 aliphatic rings. The Balaban J connectivity index is 0. The number of carboxylic acids is 3. The summed E-state index contributed by atoms with van der Waals surface area (Å²) in [4.78, 5) is 29.8. The zero-order valence-corrected chi connectivity index (χ0v) is 15.2. The fourth-order valence-corrected chi connectivity index (χ4v) is 1.59. The molecule has 10 heteroatoms. The first-order chi connectivity index (χ1) is 12.6. The lowest BCUT2D eigenvalue weighted by Gasteiger charge is -2.04. The van der Waals surface area contributed by atoms with Gasteiger partial charge in [0.15, 0.2) is 0 Å². The van der Waals surface area contributed by atoms with Crippen LogP contribution in [0.4, 0.5) is 0 Å². The maximum atomic E-state index is 10.4. The summed E-state index contributed by atoms with van der Waals surface area (Å²) >= 11 is 0. The zero-order valence-electron chi connectivity index (χ0n) is 15.2. The lowest BCUT2D eigenvalue weighted by molar-refractivity contribution is -0.139. The van der Waals surface area contributed by atoms with Crippen LogP contribution in [-0.2, 0) is 20.8 Å². The van der Waals surface area contributed by atoms with Gasteiger partial charge in [-0.15, -0.1) is 0 Å². The van der Waals surface area contributed by atoms with Crippen LogP contribution in [0.5, 0.6) is 0 Å². The molecule has 0 radical (unpaired) electrons. The zero-order chi connectivity index (χ0) is 21.2. The van der Waals surface area contributed by atoms with Crippen LogP contribution >= 0.6 is 0 Å². The molecule has 0 saturated heterocycles. The molecule has 1 aromatic rings. The van der Waals surface area contributed by atoms with Crippen molar-refractivity contribution >= 4 is 17.9 Å². The number of rotatable bonds is 9. The van der Waals surface area contributed by atoms with Gasteiger partial charge in [0, 0.05) is 0 Å². The summed E-state index contributed by atoms with van der Waals surface area (Å²) in [5.74, 6) is -2.86. The van der Waals surface area contributed by atoms with Gasteiger partial charge in [-0.25, -0.2) is 0 Å². The molecule has 0 aromatic heterocycles. The fraction of sp³-hybridized carbons (Fsp3) is 0.471. The maximum absolute atomic E-state index is 10.4. The summed E-state index contributed by atoms with van der Waals surface area (Å²) in [7, 11) is 0. The molecule has 154 valence electrons. The Bertz CT molecular complexity index is 541. The number of aliphatic carboxylic acids is 3. The van der Waals surface area contributed by atoms with E-state index in [0.29, 0.717) is 19.4 Å². The molecule has 27 heavy (non-hydrogen) atoms. The van der Waals surface area contributed by atoms with Gasteiger partial charge in [0.25, 0.3) is 0 Å². The molecule has 0 bridgehead atoms. The van der Waals surface area contributed by atoms with E-state index in [1.54, 1.807) is 0 Å². The minimum atomic E-state index is -0.968. The van der Waals surface area contributed by atoms with E-state index < -0.39 is 30.0 Å². The third-order valence-electron chi connectivity index (χ3n) is 3.08. The minimum absolute atomic E-state index is 0.278. The number of benzene rings is 1. The Labute approximate surface area is 158 Å². The standard InChI is InChI=1S/C9H11NO2.C6H14N2O2.C2H5NO2/c10-8(9(11)12)6-7-4-2-1-3-5-7;7-4-2-1-3-5(8)6(9)10;3-1-2(4)5/h1-5,8H,6,10H2,(H,11,12);5H,1-4,7-8H2,(H,9,10);1,3H2,(H,4,5)/t8-;5-;/m00./s1. The van der Waals surface area contributed by atoms with E-state index in [-0.39, 0.29) is 6.54 Å². The molecule has 11 N–H and O–H groups in total. The molecule has 0 aliphatic carbocycles. The summed E-state index contributed by atoms with van der Waals surface area (Å²) in [6.45, 7) is 0.326. The van der Waals surface area contributed by atoms with Crippen molar-refractivity contribution in [3.8, 4) is 0 Å².